The highest BCUT2D eigenvalue weighted by molar-refractivity contribution is 14.0. The van der Waals surface area contributed by atoms with Gasteiger partial charge in [0, 0.05) is 19.6 Å². The Bertz CT molecular complexity index is 302. The normalized spacial score (nSPS) is 26.6. The molecule has 3 saturated carbocycles. The molecule has 2 N–H and O–H groups in total. The van der Waals surface area contributed by atoms with E-state index in [4.69, 9.17) is 0 Å². The van der Waals surface area contributed by atoms with Crippen molar-refractivity contribution in [3.63, 3.8) is 0 Å². The smallest absolute Gasteiger partial charge is 0.191 e. The summed E-state index contributed by atoms with van der Waals surface area (Å²) in [5, 5.41) is 7.12. The molecule has 18 heavy (non-hydrogen) atoms. The van der Waals surface area contributed by atoms with Crippen LogP contribution in [0.25, 0.3) is 0 Å². The van der Waals surface area contributed by atoms with E-state index in [1.165, 1.54) is 51.4 Å². The highest BCUT2D eigenvalue weighted by atomic mass is 127. The van der Waals surface area contributed by atoms with Crippen LogP contribution in [0, 0.1) is 11.3 Å². The van der Waals surface area contributed by atoms with Gasteiger partial charge < -0.3 is 10.6 Å². The van der Waals surface area contributed by atoms with Gasteiger partial charge in [0.25, 0.3) is 0 Å². The second-order valence-corrected chi connectivity index (χ2v) is 6.19. The highest BCUT2D eigenvalue weighted by Gasteiger charge is 2.53. The zero-order chi connectivity index (χ0) is 11.7. The second-order valence-electron chi connectivity index (χ2n) is 6.19. The molecule has 0 amide bonds. The van der Waals surface area contributed by atoms with Crippen LogP contribution in [0.15, 0.2) is 4.99 Å². The van der Waals surface area contributed by atoms with Gasteiger partial charge in [-0.3, -0.25) is 4.99 Å². The van der Waals surface area contributed by atoms with Gasteiger partial charge in [-0.05, 0) is 49.9 Å². The number of guanidine groups is 1. The van der Waals surface area contributed by atoms with Crippen LogP contribution in [0.3, 0.4) is 0 Å². The van der Waals surface area contributed by atoms with Crippen LogP contribution < -0.4 is 10.6 Å². The summed E-state index contributed by atoms with van der Waals surface area (Å²) in [6.07, 6.45) is 11.2. The summed E-state index contributed by atoms with van der Waals surface area (Å²) < 4.78 is 0. The fourth-order valence-electron chi connectivity index (χ4n) is 3.30. The van der Waals surface area contributed by atoms with E-state index in [1.54, 1.807) is 0 Å². The SMILES string of the molecule is CN=C(NCC1(C2CC2)CC1)NC1CCCC1.I. The second kappa shape index (κ2) is 5.97. The average molecular weight is 363 g/mol. The van der Waals surface area contributed by atoms with Crippen molar-refractivity contribution in [3.05, 3.63) is 0 Å². The molecule has 4 heteroatoms. The first-order chi connectivity index (χ1) is 8.32. The third kappa shape index (κ3) is 3.31. The van der Waals surface area contributed by atoms with Crippen LogP contribution in [-0.4, -0.2) is 25.6 Å². The molecule has 3 aliphatic carbocycles. The fourth-order valence-corrected chi connectivity index (χ4v) is 3.30. The fraction of sp³-hybridized carbons (Fsp3) is 0.929. The van der Waals surface area contributed by atoms with Crippen LogP contribution in [0.4, 0.5) is 0 Å². The molecular weight excluding hydrogens is 337 g/mol. The number of rotatable bonds is 4. The minimum absolute atomic E-state index is 0. The Labute approximate surface area is 128 Å². The molecule has 104 valence electrons. The standard InChI is InChI=1S/C14H25N3.HI/c1-15-13(17-12-4-2-3-5-12)16-10-14(8-9-14)11-6-7-11;/h11-12H,2-10H2,1H3,(H2,15,16,17);1H. The number of hydrogen-bond acceptors (Lipinski definition) is 1. The molecule has 0 aromatic rings. The third-order valence-corrected chi connectivity index (χ3v) is 4.86. The largest absolute Gasteiger partial charge is 0.356 e. The molecule has 3 nitrogen and oxygen atoms in total. The van der Waals surface area contributed by atoms with E-state index in [9.17, 15) is 0 Å². The monoisotopic (exact) mass is 363 g/mol. The van der Waals surface area contributed by atoms with E-state index in [0.29, 0.717) is 11.5 Å². The minimum atomic E-state index is 0. The Kier molecular flexibility index (Phi) is 4.78. The van der Waals surface area contributed by atoms with Crippen molar-refractivity contribution in [2.45, 2.75) is 57.4 Å². The van der Waals surface area contributed by atoms with Crippen molar-refractivity contribution in [2.75, 3.05) is 13.6 Å². The predicted molar refractivity (Wildman–Crippen MR) is 86.6 cm³/mol. The first kappa shape index (κ1) is 14.4. The summed E-state index contributed by atoms with van der Waals surface area (Å²) >= 11 is 0. The molecule has 0 heterocycles. The Morgan fingerprint density at radius 1 is 1.17 bits per heavy atom. The molecule has 0 radical (unpaired) electrons. The Hall–Kier alpha value is 0. The number of hydrogen-bond donors (Lipinski definition) is 2. The molecule has 3 rings (SSSR count). The van der Waals surface area contributed by atoms with Gasteiger partial charge in [-0.2, -0.15) is 0 Å². The van der Waals surface area contributed by atoms with E-state index in [2.05, 4.69) is 15.6 Å². The third-order valence-electron chi connectivity index (χ3n) is 4.86. The molecule has 0 aromatic carbocycles. The zero-order valence-electron chi connectivity index (χ0n) is 11.4. The predicted octanol–water partition coefficient (Wildman–Crippen LogP) is 2.90. The minimum Gasteiger partial charge on any atom is -0.356 e. The first-order valence-electron chi connectivity index (χ1n) is 7.30. The molecule has 0 aliphatic heterocycles. The van der Waals surface area contributed by atoms with Gasteiger partial charge >= 0.3 is 0 Å². The van der Waals surface area contributed by atoms with Crippen molar-refractivity contribution in [1.29, 1.82) is 0 Å². The quantitative estimate of drug-likeness (QED) is 0.458. The van der Waals surface area contributed by atoms with Crippen molar-refractivity contribution in [1.82, 2.24) is 10.6 Å². The summed E-state index contributed by atoms with van der Waals surface area (Å²) in [5.41, 5.74) is 0.660. The van der Waals surface area contributed by atoms with Gasteiger partial charge in [-0.15, -0.1) is 24.0 Å². The summed E-state index contributed by atoms with van der Waals surface area (Å²) in [4.78, 5) is 4.36. The van der Waals surface area contributed by atoms with Crippen LogP contribution in [0.2, 0.25) is 0 Å². The average Bonchev–Trinajstić information content (AvgIpc) is 3.24. The van der Waals surface area contributed by atoms with Crippen LogP contribution in [-0.2, 0) is 0 Å². The van der Waals surface area contributed by atoms with Gasteiger partial charge in [-0.1, -0.05) is 12.8 Å². The Morgan fingerprint density at radius 2 is 1.83 bits per heavy atom. The molecule has 0 spiro atoms. The molecule has 0 unspecified atom stereocenters. The topological polar surface area (TPSA) is 36.4 Å². The van der Waals surface area contributed by atoms with Gasteiger partial charge in [0.1, 0.15) is 0 Å². The Balaban J connectivity index is 0.00000120. The first-order valence-corrected chi connectivity index (χ1v) is 7.30. The van der Waals surface area contributed by atoms with Crippen LogP contribution >= 0.6 is 24.0 Å². The van der Waals surface area contributed by atoms with E-state index >= 15 is 0 Å². The lowest BCUT2D eigenvalue weighted by Gasteiger charge is -2.20. The van der Waals surface area contributed by atoms with Gasteiger partial charge in [0.2, 0.25) is 0 Å². The number of aliphatic imine (C=N–C) groups is 1. The summed E-state index contributed by atoms with van der Waals surface area (Å²) in [6.45, 7) is 1.14. The molecule has 3 fully saturated rings. The molecule has 0 aromatic heterocycles. The number of nitrogens with one attached hydrogen (secondary N) is 2. The summed E-state index contributed by atoms with van der Waals surface area (Å²) in [5.74, 6) is 2.06. The van der Waals surface area contributed by atoms with Crippen molar-refractivity contribution in [2.24, 2.45) is 16.3 Å². The van der Waals surface area contributed by atoms with E-state index in [-0.39, 0.29) is 24.0 Å². The van der Waals surface area contributed by atoms with Gasteiger partial charge in [0.05, 0.1) is 0 Å². The maximum atomic E-state index is 4.36. The van der Waals surface area contributed by atoms with E-state index < -0.39 is 0 Å². The summed E-state index contributed by atoms with van der Waals surface area (Å²) in [6, 6.07) is 0.664. The zero-order valence-corrected chi connectivity index (χ0v) is 13.7. The van der Waals surface area contributed by atoms with Crippen molar-refractivity contribution in [3.8, 4) is 0 Å². The molecule has 0 atom stereocenters. The molecular formula is C14H26IN3. The lowest BCUT2D eigenvalue weighted by atomic mass is 10.0. The lowest BCUT2D eigenvalue weighted by molar-refractivity contribution is 0.429. The van der Waals surface area contributed by atoms with Crippen LogP contribution in [0.1, 0.15) is 51.4 Å². The van der Waals surface area contributed by atoms with Gasteiger partial charge in [0.15, 0.2) is 5.96 Å². The van der Waals surface area contributed by atoms with Crippen molar-refractivity contribution >= 4 is 29.9 Å². The van der Waals surface area contributed by atoms with Gasteiger partial charge in [-0.25, -0.2) is 0 Å². The summed E-state index contributed by atoms with van der Waals surface area (Å²) in [7, 11) is 1.89. The van der Waals surface area contributed by atoms with E-state index in [0.717, 1.165) is 18.4 Å². The van der Waals surface area contributed by atoms with E-state index in [1.807, 2.05) is 7.05 Å². The maximum Gasteiger partial charge on any atom is 0.191 e. The molecule has 0 bridgehead atoms. The lowest BCUT2D eigenvalue weighted by Crippen LogP contribution is -2.44. The van der Waals surface area contributed by atoms with Crippen LogP contribution in [0.5, 0.6) is 0 Å². The Morgan fingerprint density at radius 3 is 2.33 bits per heavy atom. The van der Waals surface area contributed by atoms with Crippen molar-refractivity contribution < 1.29 is 0 Å². The molecule has 3 aliphatic rings. The highest BCUT2D eigenvalue weighted by Crippen LogP contribution is 2.60. The molecule has 0 saturated heterocycles. The number of nitrogens with zero attached hydrogens (tertiary/aromatic N) is 1. The number of halogens is 1. The maximum absolute atomic E-state index is 4.36.